The van der Waals surface area contributed by atoms with Crippen LogP contribution in [0.3, 0.4) is 0 Å². The van der Waals surface area contributed by atoms with Gasteiger partial charge in [0, 0.05) is 24.1 Å². The van der Waals surface area contributed by atoms with Crippen molar-refractivity contribution in [2.45, 2.75) is 104 Å². The van der Waals surface area contributed by atoms with Crippen LogP contribution in [0.4, 0.5) is 5.69 Å². The smallest absolute Gasteiger partial charge is 0.311 e. The van der Waals surface area contributed by atoms with E-state index >= 15 is 0 Å². The Morgan fingerprint density at radius 2 is 1.62 bits per heavy atom. The van der Waals surface area contributed by atoms with Crippen LogP contribution in [0.5, 0.6) is 23.0 Å². The normalized spacial score (nSPS) is 11.6. The van der Waals surface area contributed by atoms with Gasteiger partial charge >= 0.3 is 5.97 Å². The van der Waals surface area contributed by atoms with Gasteiger partial charge in [-0.05, 0) is 75.7 Å². The van der Waals surface area contributed by atoms with Gasteiger partial charge in [0.25, 0.3) is 0 Å². The molecule has 1 aromatic heterocycles. The highest BCUT2D eigenvalue weighted by atomic mass is 16.5. The quantitative estimate of drug-likeness (QED) is 0.0586. The van der Waals surface area contributed by atoms with Gasteiger partial charge in [0.1, 0.15) is 33.9 Å². The second kappa shape index (κ2) is 18.4. The molecule has 0 bridgehead atoms. The fourth-order valence-electron chi connectivity index (χ4n) is 4.87. The first kappa shape index (κ1) is 35.1. The van der Waals surface area contributed by atoms with Gasteiger partial charge < -0.3 is 24.1 Å². The Morgan fingerprint density at radius 3 is 2.31 bits per heavy atom. The molecule has 2 N–H and O–H groups in total. The maximum absolute atomic E-state index is 13.8. The van der Waals surface area contributed by atoms with Gasteiger partial charge in [0.05, 0.1) is 6.10 Å². The van der Waals surface area contributed by atoms with Gasteiger partial charge in [0.2, 0.25) is 11.2 Å². The molecular weight excluding hydrogens is 574 g/mol. The van der Waals surface area contributed by atoms with Crippen molar-refractivity contribution in [2.24, 2.45) is 5.18 Å². The van der Waals surface area contributed by atoms with Crippen LogP contribution in [-0.2, 0) is 4.79 Å². The number of fused-ring (bicyclic) bond motifs is 1. The van der Waals surface area contributed by atoms with Gasteiger partial charge in [-0.2, -0.15) is 0 Å². The minimum atomic E-state index is -0.677. The number of ether oxygens (including phenoxy) is 2. The van der Waals surface area contributed by atoms with E-state index in [-0.39, 0.29) is 63.5 Å². The van der Waals surface area contributed by atoms with E-state index in [2.05, 4.69) is 36.4 Å². The van der Waals surface area contributed by atoms with E-state index in [4.69, 9.17) is 13.9 Å². The summed E-state index contributed by atoms with van der Waals surface area (Å²) in [4.78, 5) is 37.9. The molecule has 2 aromatic carbocycles. The average Bonchev–Trinajstić information content (AvgIpc) is 3.00. The third-order valence-corrected chi connectivity index (χ3v) is 7.15. The molecule has 1 heterocycles. The highest BCUT2D eigenvalue weighted by Crippen LogP contribution is 2.39. The van der Waals surface area contributed by atoms with E-state index in [0.29, 0.717) is 6.42 Å². The molecular formula is C36H45NO8. The molecule has 45 heavy (non-hydrogen) atoms. The van der Waals surface area contributed by atoms with E-state index in [1.807, 2.05) is 0 Å². The Hall–Kier alpha value is -4.40. The predicted octanol–water partition coefficient (Wildman–Crippen LogP) is 9.78. The number of hydrogen-bond acceptors (Lipinski definition) is 9. The molecule has 0 saturated heterocycles. The summed E-state index contributed by atoms with van der Waals surface area (Å²) in [5.74, 6) is -1.61. The predicted molar refractivity (Wildman–Crippen MR) is 177 cm³/mol. The van der Waals surface area contributed by atoms with Gasteiger partial charge in [-0.3, -0.25) is 9.59 Å². The number of hydrogen-bond donors (Lipinski definition) is 2. The maximum atomic E-state index is 13.8. The monoisotopic (exact) mass is 619 g/mol. The molecule has 9 heteroatoms. The Bertz CT molecular complexity index is 1540. The molecule has 0 atom stereocenters. The zero-order valence-corrected chi connectivity index (χ0v) is 26.5. The number of benzene rings is 2. The standard InChI is InChI=1S/C36H45NO8/c1-4-5-6-7-8-9-10-11-12-13-14-15-16-17-18-19-32(40)45-36-34(41)33-30(43-25(2)3)23-27(38)24-31(33)44-35(36)26-20-21-29(39)28(22-26)37-42/h8-9,11-12,20-25,38-39H,4-7,10,13-19H2,1-3H3/b9-8-,12-11-. The Kier molecular flexibility index (Phi) is 14.4. The van der Waals surface area contributed by atoms with Crippen molar-refractivity contribution in [1.82, 2.24) is 0 Å². The van der Waals surface area contributed by atoms with Gasteiger partial charge in [-0.15, -0.1) is 4.91 Å². The summed E-state index contributed by atoms with van der Waals surface area (Å²) < 4.78 is 17.3. The van der Waals surface area contributed by atoms with Crippen molar-refractivity contribution >= 4 is 22.6 Å². The maximum Gasteiger partial charge on any atom is 0.311 e. The zero-order valence-electron chi connectivity index (χ0n) is 26.5. The molecule has 3 rings (SSSR count). The summed E-state index contributed by atoms with van der Waals surface area (Å²) in [7, 11) is 0. The van der Waals surface area contributed by atoms with E-state index in [1.165, 1.54) is 49.6 Å². The van der Waals surface area contributed by atoms with Crippen LogP contribution in [-0.4, -0.2) is 22.3 Å². The lowest BCUT2D eigenvalue weighted by molar-refractivity contribution is -0.134. The first-order valence-corrected chi connectivity index (χ1v) is 15.9. The van der Waals surface area contributed by atoms with Crippen molar-refractivity contribution < 1.29 is 28.9 Å². The van der Waals surface area contributed by atoms with Crippen molar-refractivity contribution in [3.8, 4) is 34.3 Å². The van der Waals surface area contributed by atoms with Crippen LogP contribution >= 0.6 is 0 Å². The van der Waals surface area contributed by atoms with Crippen LogP contribution in [0.1, 0.15) is 97.8 Å². The lowest BCUT2D eigenvalue weighted by Crippen LogP contribution is -2.17. The van der Waals surface area contributed by atoms with Crippen LogP contribution in [0.15, 0.2) is 69.0 Å². The number of nitroso groups, excluding NO2 is 1. The van der Waals surface area contributed by atoms with E-state index in [1.54, 1.807) is 13.8 Å². The number of rotatable bonds is 19. The van der Waals surface area contributed by atoms with Gasteiger partial charge in [-0.25, -0.2) is 0 Å². The molecule has 0 fully saturated rings. The first-order valence-electron chi connectivity index (χ1n) is 15.9. The van der Waals surface area contributed by atoms with Crippen molar-refractivity contribution in [2.75, 3.05) is 0 Å². The molecule has 0 spiro atoms. The third-order valence-electron chi connectivity index (χ3n) is 7.15. The third kappa shape index (κ3) is 10.9. The summed E-state index contributed by atoms with van der Waals surface area (Å²) in [6.07, 6.45) is 20.2. The largest absolute Gasteiger partial charge is 0.508 e. The van der Waals surface area contributed by atoms with E-state index < -0.39 is 11.4 Å². The Labute approximate surface area is 264 Å². The van der Waals surface area contributed by atoms with E-state index in [0.717, 1.165) is 44.9 Å². The van der Waals surface area contributed by atoms with E-state index in [9.17, 15) is 24.7 Å². The number of aromatic hydroxyl groups is 2. The van der Waals surface area contributed by atoms with Crippen molar-refractivity contribution in [3.05, 3.63) is 69.8 Å². The fourth-order valence-corrected chi connectivity index (χ4v) is 4.87. The average molecular weight is 620 g/mol. The van der Waals surface area contributed by atoms with Crippen LogP contribution < -0.4 is 14.9 Å². The molecule has 0 aliphatic carbocycles. The van der Waals surface area contributed by atoms with Crippen molar-refractivity contribution in [3.63, 3.8) is 0 Å². The molecule has 0 aliphatic rings. The Morgan fingerprint density at radius 1 is 0.933 bits per heavy atom. The SMILES string of the molecule is CCCCC/C=C\C/C=C\CCCCCCCC(=O)Oc1c(-c2ccc(O)c(N=O)c2)oc2cc(O)cc(OC(C)C)c2c1=O. The molecule has 242 valence electrons. The van der Waals surface area contributed by atoms with Gasteiger partial charge in [0.15, 0.2) is 5.76 Å². The summed E-state index contributed by atoms with van der Waals surface area (Å²) >= 11 is 0. The second-order valence-electron chi connectivity index (χ2n) is 11.3. The molecule has 0 unspecified atom stereocenters. The number of carbonyl (C=O) groups is 1. The van der Waals surface area contributed by atoms with Crippen LogP contribution in [0.25, 0.3) is 22.3 Å². The first-order chi connectivity index (χ1) is 21.7. The molecule has 0 saturated carbocycles. The van der Waals surface area contributed by atoms with Crippen LogP contribution in [0.2, 0.25) is 0 Å². The zero-order chi connectivity index (χ0) is 32.6. The molecule has 0 aliphatic heterocycles. The van der Waals surface area contributed by atoms with Gasteiger partial charge in [-0.1, -0.05) is 63.3 Å². The second-order valence-corrected chi connectivity index (χ2v) is 11.3. The summed E-state index contributed by atoms with van der Waals surface area (Å²) in [5, 5.41) is 23.0. The minimum absolute atomic E-state index is 0.00221. The lowest BCUT2D eigenvalue weighted by Gasteiger charge is -2.15. The number of nitrogens with zero attached hydrogens (tertiary/aromatic N) is 1. The fraction of sp³-hybridized carbons (Fsp3) is 0.444. The molecule has 3 aromatic rings. The number of unbranched alkanes of at least 4 members (excludes halogenated alkanes) is 8. The molecule has 0 radical (unpaired) electrons. The Balaban J connectivity index is 1.64. The number of carbonyl (C=O) groups excluding carboxylic acids is 1. The number of esters is 1. The lowest BCUT2D eigenvalue weighted by atomic mass is 10.1. The summed E-state index contributed by atoms with van der Waals surface area (Å²) in [6.45, 7) is 5.75. The number of allylic oxidation sites excluding steroid dienone is 4. The topological polar surface area (TPSA) is 136 Å². The molecule has 0 amide bonds. The summed E-state index contributed by atoms with van der Waals surface area (Å²) in [6, 6.07) is 6.39. The highest BCUT2D eigenvalue weighted by molar-refractivity contribution is 5.90. The molecule has 9 nitrogen and oxygen atoms in total. The number of phenols is 2. The number of phenolic OH excluding ortho intramolecular Hbond substituents is 2. The van der Waals surface area contributed by atoms with Crippen LogP contribution in [0, 0.1) is 4.91 Å². The highest BCUT2D eigenvalue weighted by Gasteiger charge is 2.24. The minimum Gasteiger partial charge on any atom is -0.508 e. The summed E-state index contributed by atoms with van der Waals surface area (Å²) in [5.41, 5.74) is -0.787. The van der Waals surface area contributed by atoms with Crippen molar-refractivity contribution in [1.29, 1.82) is 0 Å².